The highest BCUT2D eigenvalue weighted by atomic mass is 32.1. The maximum Gasteiger partial charge on any atom is 0.266 e. The summed E-state index contributed by atoms with van der Waals surface area (Å²) in [6.45, 7) is 4.46. The molecule has 6 nitrogen and oxygen atoms in total. The van der Waals surface area contributed by atoms with Crippen molar-refractivity contribution in [1.29, 1.82) is 0 Å². The van der Waals surface area contributed by atoms with Crippen molar-refractivity contribution < 1.29 is 9.18 Å². The fraction of sp³-hybridized carbons (Fsp3) is 0.263. The van der Waals surface area contributed by atoms with Crippen molar-refractivity contribution in [3.63, 3.8) is 0 Å². The molecule has 0 unspecified atom stereocenters. The fourth-order valence-corrected chi connectivity index (χ4v) is 3.47. The van der Waals surface area contributed by atoms with Crippen molar-refractivity contribution in [3.8, 4) is 11.3 Å². The topological polar surface area (TPSA) is 76.9 Å². The van der Waals surface area contributed by atoms with Crippen molar-refractivity contribution in [2.45, 2.75) is 26.8 Å². The first-order valence-corrected chi connectivity index (χ1v) is 9.32. The van der Waals surface area contributed by atoms with Crippen LogP contribution in [0.2, 0.25) is 0 Å². The van der Waals surface area contributed by atoms with Crippen LogP contribution in [0.25, 0.3) is 11.3 Å². The van der Waals surface area contributed by atoms with Gasteiger partial charge in [-0.25, -0.2) is 14.1 Å². The summed E-state index contributed by atoms with van der Waals surface area (Å²) >= 11 is 1.36. The number of nitrogens with one attached hydrogen (secondary N) is 1. The third-order valence-electron chi connectivity index (χ3n) is 3.95. The van der Waals surface area contributed by atoms with E-state index in [4.69, 9.17) is 0 Å². The minimum absolute atomic E-state index is 0.154. The van der Waals surface area contributed by atoms with Gasteiger partial charge >= 0.3 is 0 Å². The van der Waals surface area contributed by atoms with E-state index >= 15 is 0 Å². The van der Waals surface area contributed by atoms with Crippen LogP contribution in [0.15, 0.2) is 41.2 Å². The van der Waals surface area contributed by atoms with Gasteiger partial charge in [0.1, 0.15) is 10.7 Å². The number of aromatic nitrogens is 3. The molecule has 27 heavy (non-hydrogen) atoms. The third kappa shape index (κ3) is 4.65. The molecule has 0 spiro atoms. The Morgan fingerprint density at radius 2 is 1.93 bits per heavy atom. The second kappa shape index (κ2) is 8.22. The molecule has 2 heterocycles. The first-order chi connectivity index (χ1) is 12.9. The number of thiazole rings is 1. The molecule has 0 bridgehead atoms. The lowest BCUT2D eigenvalue weighted by molar-refractivity contribution is 0.0956. The quantitative estimate of drug-likeness (QED) is 0.661. The minimum atomic E-state index is -0.325. The molecule has 1 amide bonds. The second-order valence-electron chi connectivity index (χ2n) is 6.04. The fourth-order valence-electron chi connectivity index (χ4n) is 2.64. The Morgan fingerprint density at radius 1 is 1.19 bits per heavy atom. The number of aryl methyl sites for hydroxylation is 3. The molecule has 1 N–H and O–H groups in total. The van der Waals surface area contributed by atoms with E-state index in [-0.39, 0.29) is 17.3 Å². The monoisotopic (exact) mass is 386 g/mol. The van der Waals surface area contributed by atoms with Gasteiger partial charge in [-0.2, -0.15) is 5.10 Å². The van der Waals surface area contributed by atoms with Crippen LogP contribution in [0, 0.1) is 19.7 Å². The van der Waals surface area contributed by atoms with Gasteiger partial charge in [-0.1, -0.05) is 0 Å². The van der Waals surface area contributed by atoms with Gasteiger partial charge in [0.2, 0.25) is 0 Å². The summed E-state index contributed by atoms with van der Waals surface area (Å²) in [5.74, 6) is -0.479. The highest BCUT2D eigenvalue weighted by molar-refractivity contribution is 7.13. The smallest absolute Gasteiger partial charge is 0.266 e. The summed E-state index contributed by atoms with van der Waals surface area (Å²) in [5, 5.41) is 8.02. The van der Waals surface area contributed by atoms with Gasteiger partial charge < -0.3 is 5.32 Å². The number of nitrogens with zero attached hydrogens (tertiary/aromatic N) is 3. The van der Waals surface area contributed by atoms with Gasteiger partial charge in [0, 0.05) is 24.7 Å². The van der Waals surface area contributed by atoms with Gasteiger partial charge in [0.05, 0.1) is 16.4 Å². The average Bonchev–Trinajstić information content (AvgIpc) is 2.99. The molecular formula is C19H19FN4O2S. The Labute approximate surface area is 159 Å². The number of halogens is 1. The molecule has 0 saturated heterocycles. The van der Waals surface area contributed by atoms with Crippen LogP contribution in [-0.2, 0) is 6.54 Å². The minimum Gasteiger partial charge on any atom is -0.351 e. The van der Waals surface area contributed by atoms with Crippen LogP contribution in [0.5, 0.6) is 0 Å². The van der Waals surface area contributed by atoms with E-state index in [1.807, 2.05) is 13.8 Å². The zero-order valence-corrected chi connectivity index (χ0v) is 15.8. The molecule has 0 aliphatic heterocycles. The van der Waals surface area contributed by atoms with Gasteiger partial charge in [-0.15, -0.1) is 11.3 Å². The van der Waals surface area contributed by atoms with Crippen molar-refractivity contribution in [1.82, 2.24) is 20.1 Å². The van der Waals surface area contributed by atoms with Gasteiger partial charge in [0.15, 0.2) is 0 Å². The molecule has 0 radical (unpaired) electrons. The zero-order valence-electron chi connectivity index (χ0n) is 15.0. The molecule has 1 aromatic carbocycles. The molecule has 3 rings (SSSR count). The number of benzene rings is 1. The molecule has 2 aromatic heterocycles. The average molecular weight is 386 g/mol. The molecule has 0 atom stereocenters. The second-order valence-corrected chi connectivity index (χ2v) is 7.25. The van der Waals surface area contributed by atoms with E-state index in [1.54, 1.807) is 18.2 Å². The number of carbonyl (C=O) groups is 1. The third-order valence-corrected chi connectivity index (χ3v) is 5.02. The van der Waals surface area contributed by atoms with Gasteiger partial charge in [-0.05, 0) is 50.6 Å². The zero-order chi connectivity index (χ0) is 19.4. The van der Waals surface area contributed by atoms with E-state index in [0.717, 1.165) is 16.3 Å². The van der Waals surface area contributed by atoms with E-state index in [9.17, 15) is 14.0 Å². The Balaban J connectivity index is 1.60. The van der Waals surface area contributed by atoms with Gasteiger partial charge in [0.25, 0.3) is 11.5 Å². The number of amides is 1. The molecule has 0 fully saturated rings. The highest BCUT2D eigenvalue weighted by Gasteiger charge is 2.13. The maximum absolute atomic E-state index is 13.1. The predicted molar refractivity (Wildman–Crippen MR) is 102 cm³/mol. The summed E-state index contributed by atoms with van der Waals surface area (Å²) < 4.78 is 14.4. The van der Waals surface area contributed by atoms with Crippen LogP contribution in [0.1, 0.15) is 26.8 Å². The molecular weight excluding hydrogens is 367 g/mol. The summed E-state index contributed by atoms with van der Waals surface area (Å²) in [6, 6.07) is 8.99. The van der Waals surface area contributed by atoms with E-state index in [0.29, 0.717) is 30.1 Å². The van der Waals surface area contributed by atoms with Crippen molar-refractivity contribution >= 4 is 17.2 Å². The summed E-state index contributed by atoms with van der Waals surface area (Å²) in [6.07, 6.45) is 0.558. The van der Waals surface area contributed by atoms with Crippen LogP contribution in [0.4, 0.5) is 4.39 Å². The number of carbonyl (C=O) groups excluding carboxylic acids is 1. The summed E-state index contributed by atoms with van der Waals surface area (Å²) in [5.41, 5.74) is 1.82. The lowest BCUT2D eigenvalue weighted by Crippen LogP contribution is -2.28. The lowest BCUT2D eigenvalue weighted by atomic mass is 10.1. The molecule has 0 aliphatic rings. The van der Waals surface area contributed by atoms with E-state index < -0.39 is 0 Å². The lowest BCUT2D eigenvalue weighted by Gasteiger charge is -2.08. The van der Waals surface area contributed by atoms with Crippen LogP contribution in [0.3, 0.4) is 0 Å². The van der Waals surface area contributed by atoms with Crippen LogP contribution in [-0.4, -0.2) is 27.2 Å². The molecule has 140 valence electrons. The number of hydrogen-bond donors (Lipinski definition) is 1. The number of rotatable bonds is 6. The van der Waals surface area contributed by atoms with Crippen molar-refractivity contribution in [3.05, 3.63) is 68.1 Å². The number of hydrogen-bond acceptors (Lipinski definition) is 5. The summed E-state index contributed by atoms with van der Waals surface area (Å²) in [4.78, 5) is 29.0. The van der Waals surface area contributed by atoms with E-state index in [2.05, 4.69) is 15.4 Å². The van der Waals surface area contributed by atoms with Gasteiger partial charge in [-0.3, -0.25) is 9.59 Å². The first-order valence-electron chi connectivity index (χ1n) is 8.50. The Hall–Kier alpha value is -2.87. The van der Waals surface area contributed by atoms with Crippen molar-refractivity contribution in [2.24, 2.45) is 0 Å². The predicted octanol–water partition coefficient (Wildman–Crippen LogP) is 2.94. The molecule has 0 aliphatic carbocycles. The molecule has 8 heteroatoms. The SMILES string of the molecule is Cc1nc(C)c(C(=O)NCCCn2nc(-c3ccc(F)cc3)ccc2=O)s1. The maximum atomic E-state index is 13.1. The van der Waals surface area contributed by atoms with E-state index in [1.165, 1.54) is 34.2 Å². The Bertz CT molecular complexity index is 1010. The normalized spacial score (nSPS) is 10.8. The first kappa shape index (κ1) is 18.9. The molecule has 3 aromatic rings. The highest BCUT2D eigenvalue weighted by Crippen LogP contribution is 2.17. The Kier molecular flexibility index (Phi) is 5.75. The van der Waals surface area contributed by atoms with Crippen molar-refractivity contribution in [2.75, 3.05) is 6.54 Å². The van der Waals surface area contributed by atoms with Crippen LogP contribution < -0.4 is 10.9 Å². The standard InChI is InChI=1S/C19H19FN4O2S/c1-12-18(27-13(2)22-12)19(26)21-10-3-11-24-17(25)9-8-16(23-24)14-4-6-15(20)7-5-14/h4-9H,3,10-11H2,1-2H3,(H,21,26). The Morgan fingerprint density at radius 3 is 2.59 bits per heavy atom. The summed E-state index contributed by atoms with van der Waals surface area (Å²) in [7, 11) is 0. The van der Waals surface area contributed by atoms with Crippen LogP contribution >= 0.6 is 11.3 Å². The molecule has 0 saturated carbocycles. The largest absolute Gasteiger partial charge is 0.351 e.